The Labute approximate surface area is 167 Å². The molecule has 1 aromatic carbocycles. The zero-order valence-electron chi connectivity index (χ0n) is 17.0. The molecule has 0 saturated carbocycles. The molecule has 0 unspecified atom stereocenters. The number of guanidine groups is 1. The van der Waals surface area contributed by atoms with E-state index in [0.717, 1.165) is 43.8 Å². The van der Waals surface area contributed by atoms with Gasteiger partial charge in [-0.15, -0.1) is 0 Å². The molecule has 0 aromatic heterocycles. The lowest BCUT2D eigenvalue weighted by molar-refractivity contribution is 0.111. The van der Waals surface area contributed by atoms with Crippen molar-refractivity contribution in [1.82, 2.24) is 15.5 Å². The molecule has 2 aliphatic rings. The van der Waals surface area contributed by atoms with Gasteiger partial charge in [-0.05, 0) is 62.6 Å². The van der Waals surface area contributed by atoms with Gasteiger partial charge in [-0.2, -0.15) is 0 Å². The fraction of sp³-hybridized carbons (Fsp3) is 0.619. The van der Waals surface area contributed by atoms with Crippen LogP contribution in [0.25, 0.3) is 0 Å². The van der Waals surface area contributed by atoms with Gasteiger partial charge in [0, 0.05) is 31.2 Å². The number of piperidine rings is 1. The Hall–Kier alpha value is -2.44. The highest BCUT2D eigenvalue weighted by Crippen LogP contribution is 2.31. The van der Waals surface area contributed by atoms with Crippen molar-refractivity contribution >= 4 is 12.1 Å². The monoisotopic (exact) mass is 388 g/mol. The predicted molar refractivity (Wildman–Crippen MR) is 110 cm³/mol. The Kier molecular flexibility index (Phi) is 7.01. The van der Waals surface area contributed by atoms with Crippen LogP contribution in [-0.4, -0.2) is 54.8 Å². The molecule has 1 saturated heterocycles. The number of methoxy groups -OCH3 is 1. The first-order chi connectivity index (χ1) is 13.6. The van der Waals surface area contributed by atoms with Crippen LogP contribution in [0.1, 0.15) is 49.3 Å². The smallest absolute Gasteiger partial charge is 0.409 e. The zero-order valence-corrected chi connectivity index (χ0v) is 17.0. The lowest BCUT2D eigenvalue weighted by atomic mass is 9.88. The van der Waals surface area contributed by atoms with Crippen LogP contribution in [0.3, 0.4) is 0 Å². The number of ether oxygens (including phenoxy) is 1. The molecule has 1 aromatic rings. The van der Waals surface area contributed by atoms with E-state index in [-0.39, 0.29) is 12.1 Å². The second-order valence-electron chi connectivity index (χ2n) is 7.48. The third kappa shape index (κ3) is 4.88. The summed E-state index contributed by atoms with van der Waals surface area (Å²) in [5, 5.41) is 17.2. The molecule has 7 nitrogen and oxygen atoms in total. The van der Waals surface area contributed by atoms with Crippen LogP contribution in [0.15, 0.2) is 17.1 Å². The van der Waals surface area contributed by atoms with Gasteiger partial charge in [0.25, 0.3) is 0 Å². The number of hydrogen-bond acceptors (Lipinski definition) is 4. The topological polar surface area (TPSA) is 86.2 Å². The maximum Gasteiger partial charge on any atom is 0.409 e. The molecule has 0 spiro atoms. The Bertz CT molecular complexity index is 712. The third-order valence-electron chi connectivity index (χ3n) is 5.63. The second kappa shape index (κ2) is 9.66. The molecular weight excluding hydrogens is 356 g/mol. The molecule has 0 atom stereocenters. The first-order valence-corrected chi connectivity index (χ1v) is 10.3. The molecule has 1 fully saturated rings. The molecular formula is C21H32N4O3. The average molecular weight is 389 g/mol. The molecule has 1 amide bonds. The number of fused-ring (bicyclic) bond motifs is 1. The van der Waals surface area contributed by atoms with Crippen molar-refractivity contribution in [2.45, 2.75) is 58.0 Å². The summed E-state index contributed by atoms with van der Waals surface area (Å²) in [4.78, 5) is 18.1. The van der Waals surface area contributed by atoms with Crippen LogP contribution in [-0.2, 0) is 24.1 Å². The van der Waals surface area contributed by atoms with Crippen LogP contribution in [0.5, 0.6) is 5.75 Å². The molecule has 1 heterocycles. The minimum atomic E-state index is -0.261. The van der Waals surface area contributed by atoms with Gasteiger partial charge in [-0.25, -0.2) is 9.79 Å². The summed E-state index contributed by atoms with van der Waals surface area (Å²) in [6, 6.07) is 4.12. The SMILES string of the molecule is CCNC(=NCc1c(O)ccc2c1CCCC2)NC1CCN(C(=O)OC)CC1. The van der Waals surface area contributed by atoms with Gasteiger partial charge in [0.15, 0.2) is 5.96 Å². The summed E-state index contributed by atoms with van der Waals surface area (Å²) in [5.41, 5.74) is 3.58. The van der Waals surface area contributed by atoms with Gasteiger partial charge in [0.05, 0.1) is 13.7 Å². The number of rotatable bonds is 4. The number of nitrogens with one attached hydrogen (secondary N) is 2. The van der Waals surface area contributed by atoms with Gasteiger partial charge in [0.1, 0.15) is 5.75 Å². The first kappa shape index (κ1) is 20.3. The quantitative estimate of drug-likeness (QED) is 0.545. The lowest BCUT2D eigenvalue weighted by Gasteiger charge is -2.32. The number of aliphatic imine (C=N–C) groups is 1. The number of hydrogen-bond donors (Lipinski definition) is 3. The molecule has 3 N–H and O–H groups in total. The van der Waals surface area contributed by atoms with Crippen molar-refractivity contribution in [2.75, 3.05) is 26.7 Å². The van der Waals surface area contributed by atoms with Crippen LogP contribution in [0.4, 0.5) is 4.79 Å². The normalized spacial score (nSPS) is 17.8. The number of phenolic OH excluding ortho intramolecular Hbond substituents is 1. The van der Waals surface area contributed by atoms with E-state index in [9.17, 15) is 9.90 Å². The van der Waals surface area contributed by atoms with E-state index in [1.807, 2.05) is 6.92 Å². The van der Waals surface area contributed by atoms with E-state index in [2.05, 4.69) is 16.7 Å². The van der Waals surface area contributed by atoms with Crippen molar-refractivity contribution in [2.24, 2.45) is 4.99 Å². The molecule has 1 aliphatic heterocycles. The zero-order chi connectivity index (χ0) is 19.9. The van der Waals surface area contributed by atoms with E-state index < -0.39 is 0 Å². The Morgan fingerprint density at radius 1 is 1.29 bits per heavy atom. The van der Waals surface area contributed by atoms with Gasteiger partial charge < -0.3 is 25.4 Å². The summed E-state index contributed by atoms with van der Waals surface area (Å²) < 4.78 is 4.80. The van der Waals surface area contributed by atoms with Crippen LogP contribution < -0.4 is 10.6 Å². The molecule has 0 bridgehead atoms. The number of phenols is 1. The number of aromatic hydroxyl groups is 1. The molecule has 0 radical (unpaired) electrons. The highest BCUT2D eigenvalue weighted by Gasteiger charge is 2.24. The lowest BCUT2D eigenvalue weighted by Crippen LogP contribution is -2.49. The fourth-order valence-electron chi connectivity index (χ4n) is 4.08. The largest absolute Gasteiger partial charge is 0.508 e. The predicted octanol–water partition coefficient (Wildman–Crippen LogP) is 2.56. The van der Waals surface area contributed by atoms with E-state index in [4.69, 9.17) is 9.73 Å². The number of benzene rings is 1. The van der Waals surface area contributed by atoms with Gasteiger partial charge in [-0.3, -0.25) is 0 Å². The first-order valence-electron chi connectivity index (χ1n) is 10.3. The summed E-state index contributed by atoms with van der Waals surface area (Å²) in [6.45, 7) is 4.63. The minimum Gasteiger partial charge on any atom is -0.508 e. The molecule has 3 rings (SSSR count). The number of nitrogens with zero attached hydrogens (tertiary/aromatic N) is 2. The highest BCUT2D eigenvalue weighted by molar-refractivity contribution is 5.80. The second-order valence-corrected chi connectivity index (χ2v) is 7.48. The van der Waals surface area contributed by atoms with E-state index in [0.29, 0.717) is 25.4 Å². The highest BCUT2D eigenvalue weighted by atomic mass is 16.5. The Balaban J connectivity index is 1.65. The summed E-state index contributed by atoms with van der Waals surface area (Å²) in [6.07, 6.45) is 5.94. The summed E-state index contributed by atoms with van der Waals surface area (Å²) >= 11 is 0. The van der Waals surface area contributed by atoms with Crippen molar-refractivity contribution in [3.05, 3.63) is 28.8 Å². The maximum atomic E-state index is 11.6. The van der Waals surface area contributed by atoms with Crippen molar-refractivity contribution in [1.29, 1.82) is 0 Å². The fourth-order valence-corrected chi connectivity index (χ4v) is 4.08. The van der Waals surface area contributed by atoms with Crippen LogP contribution >= 0.6 is 0 Å². The van der Waals surface area contributed by atoms with Gasteiger partial charge in [0.2, 0.25) is 0 Å². The molecule has 7 heteroatoms. The van der Waals surface area contributed by atoms with Crippen LogP contribution in [0.2, 0.25) is 0 Å². The maximum absolute atomic E-state index is 11.6. The number of carbonyl (C=O) groups excluding carboxylic acids is 1. The standard InChI is InChI=1S/C21H32N4O3/c1-3-22-20(24-16-10-12-25(13-11-16)21(27)28-2)23-14-18-17-7-5-4-6-15(17)8-9-19(18)26/h8-9,16,26H,3-7,10-14H2,1-2H3,(H2,22,23,24). The van der Waals surface area contributed by atoms with Crippen molar-refractivity contribution in [3.63, 3.8) is 0 Å². The van der Waals surface area contributed by atoms with Crippen molar-refractivity contribution in [3.8, 4) is 5.75 Å². The molecule has 154 valence electrons. The third-order valence-corrected chi connectivity index (χ3v) is 5.63. The number of amides is 1. The minimum absolute atomic E-state index is 0.261. The van der Waals surface area contributed by atoms with E-state index >= 15 is 0 Å². The van der Waals surface area contributed by atoms with Gasteiger partial charge in [-0.1, -0.05) is 6.07 Å². The van der Waals surface area contributed by atoms with Crippen molar-refractivity contribution < 1.29 is 14.6 Å². The number of aryl methyl sites for hydroxylation is 1. The average Bonchev–Trinajstić information content (AvgIpc) is 2.73. The number of carbonyl (C=O) groups is 1. The molecule has 28 heavy (non-hydrogen) atoms. The Morgan fingerprint density at radius 3 is 2.75 bits per heavy atom. The van der Waals surface area contributed by atoms with E-state index in [1.165, 1.54) is 31.1 Å². The molecule has 1 aliphatic carbocycles. The summed E-state index contributed by atoms with van der Waals surface area (Å²) in [5.74, 6) is 1.10. The van der Waals surface area contributed by atoms with Gasteiger partial charge >= 0.3 is 6.09 Å². The number of likely N-dealkylation sites (tertiary alicyclic amines) is 1. The van der Waals surface area contributed by atoms with Crippen LogP contribution in [0, 0.1) is 0 Å². The summed E-state index contributed by atoms with van der Waals surface area (Å²) in [7, 11) is 1.42. The Morgan fingerprint density at radius 2 is 2.04 bits per heavy atom. The van der Waals surface area contributed by atoms with E-state index in [1.54, 1.807) is 11.0 Å².